The molecule has 19 heavy (non-hydrogen) atoms. The largest absolute Gasteiger partial charge is 0.356 e. The molecule has 0 unspecified atom stereocenters. The van der Waals surface area contributed by atoms with Crippen LogP contribution in [0.25, 0.3) is 0 Å². The Morgan fingerprint density at radius 2 is 1.79 bits per heavy atom. The smallest absolute Gasteiger partial charge is 0.240 e. The fraction of sp³-hybridized carbons (Fsp3) is 0.857. The zero-order valence-electron chi connectivity index (χ0n) is 12.1. The van der Waals surface area contributed by atoms with Crippen molar-refractivity contribution >= 4 is 11.8 Å². The number of amides is 2. The van der Waals surface area contributed by atoms with E-state index in [1.165, 1.54) is 0 Å². The van der Waals surface area contributed by atoms with Gasteiger partial charge < -0.3 is 16.4 Å². The molecule has 2 amide bonds. The maximum Gasteiger partial charge on any atom is 0.240 e. The minimum Gasteiger partial charge on any atom is -0.356 e. The van der Waals surface area contributed by atoms with Crippen molar-refractivity contribution in [3.05, 3.63) is 0 Å². The van der Waals surface area contributed by atoms with Gasteiger partial charge in [0.15, 0.2) is 0 Å². The molecule has 4 N–H and O–H groups in total. The Hall–Kier alpha value is -1.10. The second kappa shape index (κ2) is 7.48. The highest BCUT2D eigenvalue weighted by molar-refractivity contribution is 5.86. The number of rotatable bonds is 6. The molecule has 5 nitrogen and oxygen atoms in total. The van der Waals surface area contributed by atoms with E-state index >= 15 is 0 Å². The first-order chi connectivity index (χ1) is 8.94. The van der Waals surface area contributed by atoms with Crippen LogP contribution in [0.3, 0.4) is 0 Å². The monoisotopic (exact) mass is 269 g/mol. The number of carbonyl (C=O) groups excluding carboxylic acids is 2. The highest BCUT2D eigenvalue weighted by Crippen LogP contribution is 2.25. The quantitative estimate of drug-likeness (QED) is 0.670. The Bertz CT molecular complexity index is 310. The van der Waals surface area contributed by atoms with Gasteiger partial charge in [0, 0.05) is 19.5 Å². The molecular weight excluding hydrogens is 242 g/mol. The molecule has 1 saturated carbocycles. The molecular formula is C14H27N3O2. The predicted molar refractivity (Wildman–Crippen MR) is 75.5 cm³/mol. The van der Waals surface area contributed by atoms with Gasteiger partial charge in [0.1, 0.15) is 0 Å². The third-order valence-corrected chi connectivity index (χ3v) is 3.54. The highest BCUT2D eigenvalue weighted by Gasteiger charge is 2.34. The molecule has 0 atom stereocenters. The van der Waals surface area contributed by atoms with Gasteiger partial charge in [-0.05, 0) is 18.8 Å². The minimum absolute atomic E-state index is 0.0243. The SMILES string of the molecule is CC(C)CNC(=O)CCNC(=O)C1(N)CCCCC1. The van der Waals surface area contributed by atoms with E-state index in [0.29, 0.717) is 25.4 Å². The van der Waals surface area contributed by atoms with Crippen molar-refractivity contribution in [2.75, 3.05) is 13.1 Å². The zero-order chi connectivity index (χ0) is 14.3. The van der Waals surface area contributed by atoms with Crippen molar-refractivity contribution in [2.24, 2.45) is 11.7 Å². The van der Waals surface area contributed by atoms with Crippen LogP contribution in [-0.2, 0) is 9.59 Å². The summed E-state index contributed by atoms with van der Waals surface area (Å²) < 4.78 is 0. The van der Waals surface area contributed by atoms with Gasteiger partial charge in [-0.3, -0.25) is 9.59 Å². The molecule has 0 radical (unpaired) electrons. The normalized spacial score (nSPS) is 18.1. The summed E-state index contributed by atoms with van der Waals surface area (Å²) in [6, 6.07) is 0. The van der Waals surface area contributed by atoms with Crippen LogP contribution in [0.1, 0.15) is 52.4 Å². The number of hydrogen-bond donors (Lipinski definition) is 3. The van der Waals surface area contributed by atoms with Crippen LogP contribution in [0, 0.1) is 5.92 Å². The lowest BCUT2D eigenvalue weighted by atomic mass is 9.82. The summed E-state index contributed by atoms with van der Waals surface area (Å²) in [7, 11) is 0. The van der Waals surface area contributed by atoms with Crippen LogP contribution >= 0.6 is 0 Å². The van der Waals surface area contributed by atoms with Crippen LogP contribution in [0.2, 0.25) is 0 Å². The second-order valence-electron chi connectivity index (χ2n) is 5.92. The molecule has 0 aromatic heterocycles. The van der Waals surface area contributed by atoms with Gasteiger partial charge in [0.25, 0.3) is 0 Å². The van der Waals surface area contributed by atoms with Crippen LogP contribution in [0.5, 0.6) is 0 Å². The number of nitrogens with one attached hydrogen (secondary N) is 2. The first kappa shape index (κ1) is 16.0. The molecule has 0 aromatic carbocycles. The van der Waals surface area contributed by atoms with E-state index in [4.69, 9.17) is 5.73 Å². The Labute approximate surface area is 115 Å². The molecule has 0 spiro atoms. The minimum atomic E-state index is -0.716. The number of hydrogen-bond acceptors (Lipinski definition) is 3. The highest BCUT2D eigenvalue weighted by atomic mass is 16.2. The van der Waals surface area contributed by atoms with Crippen molar-refractivity contribution in [1.82, 2.24) is 10.6 Å². The molecule has 0 heterocycles. The predicted octanol–water partition coefficient (Wildman–Crippen LogP) is 0.927. The van der Waals surface area contributed by atoms with E-state index in [9.17, 15) is 9.59 Å². The third kappa shape index (κ3) is 5.59. The average Bonchev–Trinajstić information content (AvgIpc) is 2.37. The Balaban J connectivity index is 2.21. The van der Waals surface area contributed by atoms with Crippen molar-refractivity contribution in [3.8, 4) is 0 Å². The van der Waals surface area contributed by atoms with Crippen LogP contribution < -0.4 is 16.4 Å². The lowest BCUT2D eigenvalue weighted by Crippen LogP contribution is -2.55. The molecule has 0 aliphatic heterocycles. The Kier molecular flexibility index (Phi) is 6.28. The molecule has 0 bridgehead atoms. The maximum atomic E-state index is 12.0. The van der Waals surface area contributed by atoms with Gasteiger partial charge in [-0.2, -0.15) is 0 Å². The Morgan fingerprint density at radius 1 is 1.16 bits per heavy atom. The van der Waals surface area contributed by atoms with Crippen LogP contribution in [0.4, 0.5) is 0 Å². The standard InChI is InChI=1S/C14H27N3O2/c1-11(2)10-17-12(18)6-9-16-13(19)14(15)7-4-3-5-8-14/h11H,3-10,15H2,1-2H3,(H,16,19)(H,17,18). The summed E-state index contributed by atoms with van der Waals surface area (Å²) in [5.41, 5.74) is 5.39. The molecule has 1 rings (SSSR count). The topological polar surface area (TPSA) is 84.2 Å². The second-order valence-corrected chi connectivity index (χ2v) is 5.92. The van der Waals surface area contributed by atoms with Gasteiger partial charge in [-0.1, -0.05) is 33.1 Å². The van der Waals surface area contributed by atoms with Crippen molar-refractivity contribution < 1.29 is 9.59 Å². The lowest BCUT2D eigenvalue weighted by Gasteiger charge is -2.31. The van der Waals surface area contributed by atoms with E-state index in [-0.39, 0.29) is 11.8 Å². The maximum absolute atomic E-state index is 12.0. The van der Waals surface area contributed by atoms with Crippen molar-refractivity contribution in [2.45, 2.75) is 57.9 Å². The van der Waals surface area contributed by atoms with Gasteiger partial charge in [-0.15, -0.1) is 0 Å². The molecule has 0 saturated heterocycles. The van der Waals surface area contributed by atoms with E-state index in [2.05, 4.69) is 10.6 Å². The first-order valence-electron chi connectivity index (χ1n) is 7.28. The Morgan fingerprint density at radius 3 is 2.37 bits per heavy atom. The molecule has 1 aliphatic rings. The van der Waals surface area contributed by atoms with Crippen molar-refractivity contribution in [3.63, 3.8) is 0 Å². The summed E-state index contributed by atoms with van der Waals surface area (Å²) in [4.78, 5) is 23.5. The lowest BCUT2D eigenvalue weighted by molar-refractivity contribution is -0.127. The summed E-state index contributed by atoms with van der Waals surface area (Å²) in [5.74, 6) is 0.306. The van der Waals surface area contributed by atoms with Gasteiger partial charge >= 0.3 is 0 Å². The van der Waals surface area contributed by atoms with Crippen molar-refractivity contribution in [1.29, 1.82) is 0 Å². The molecule has 5 heteroatoms. The fourth-order valence-electron chi connectivity index (χ4n) is 2.28. The third-order valence-electron chi connectivity index (χ3n) is 3.54. The average molecular weight is 269 g/mol. The van der Waals surface area contributed by atoms with E-state index in [1.54, 1.807) is 0 Å². The molecule has 1 fully saturated rings. The number of carbonyl (C=O) groups is 2. The molecule has 1 aliphatic carbocycles. The zero-order valence-corrected chi connectivity index (χ0v) is 12.1. The van der Waals surface area contributed by atoms with E-state index in [1.807, 2.05) is 13.8 Å². The van der Waals surface area contributed by atoms with Gasteiger partial charge in [-0.25, -0.2) is 0 Å². The first-order valence-corrected chi connectivity index (χ1v) is 7.28. The van der Waals surface area contributed by atoms with Crippen LogP contribution in [-0.4, -0.2) is 30.4 Å². The fourth-order valence-corrected chi connectivity index (χ4v) is 2.28. The molecule has 0 aromatic rings. The summed E-state index contributed by atoms with van der Waals surface area (Å²) >= 11 is 0. The van der Waals surface area contributed by atoms with Gasteiger partial charge in [0.2, 0.25) is 11.8 Å². The summed E-state index contributed by atoms with van der Waals surface area (Å²) in [6.45, 7) is 5.13. The molecule has 110 valence electrons. The van der Waals surface area contributed by atoms with E-state index in [0.717, 1.165) is 32.1 Å². The number of nitrogens with two attached hydrogens (primary N) is 1. The van der Waals surface area contributed by atoms with E-state index < -0.39 is 5.54 Å². The van der Waals surface area contributed by atoms with Crippen LogP contribution in [0.15, 0.2) is 0 Å². The summed E-state index contributed by atoms with van der Waals surface area (Å²) in [5, 5.41) is 5.61. The summed E-state index contributed by atoms with van der Waals surface area (Å²) in [6.07, 6.45) is 4.99. The van der Waals surface area contributed by atoms with Gasteiger partial charge in [0.05, 0.1) is 5.54 Å².